The second-order valence-electron chi connectivity index (χ2n) is 4.73. The van der Waals surface area contributed by atoms with E-state index in [1.54, 1.807) is 0 Å². The molecule has 0 atom stereocenters. The average Bonchev–Trinajstić information content (AvgIpc) is 2.25. The number of hydrogen-bond acceptors (Lipinski definition) is 3. The molecule has 3 heteroatoms. The van der Waals surface area contributed by atoms with E-state index in [0.717, 1.165) is 19.3 Å². The molecule has 0 N–H and O–H groups in total. The van der Waals surface area contributed by atoms with Crippen LogP contribution in [0.1, 0.15) is 53.4 Å². The van der Waals surface area contributed by atoms with E-state index in [1.807, 2.05) is 0 Å². The van der Waals surface area contributed by atoms with E-state index >= 15 is 0 Å². The number of Topliss-reactive ketones (excluding diaryl/α,β-unsaturated/α-hetero) is 1. The topological polar surface area (TPSA) is 43.4 Å². The number of allylic oxidation sites excluding steroid dienone is 4. The minimum absolute atomic E-state index is 0.0291. The van der Waals surface area contributed by atoms with Gasteiger partial charge in [-0.15, -0.1) is 0 Å². The lowest BCUT2D eigenvalue weighted by Gasteiger charge is -2.01. The smallest absolute Gasteiger partial charge is 0.303 e. The highest BCUT2D eigenvalue weighted by Gasteiger charge is 2.02. The van der Waals surface area contributed by atoms with Gasteiger partial charge in [0, 0.05) is 13.3 Å². The van der Waals surface area contributed by atoms with Crippen LogP contribution in [0.5, 0.6) is 0 Å². The van der Waals surface area contributed by atoms with Gasteiger partial charge in [0.05, 0.1) is 0 Å². The molecule has 18 heavy (non-hydrogen) atoms. The Labute approximate surface area is 110 Å². The van der Waals surface area contributed by atoms with Gasteiger partial charge >= 0.3 is 5.97 Å². The average molecular weight is 252 g/mol. The van der Waals surface area contributed by atoms with Crippen molar-refractivity contribution in [2.24, 2.45) is 0 Å². The van der Waals surface area contributed by atoms with Crippen LogP contribution in [0, 0.1) is 0 Å². The Bertz CT molecular complexity index is 334. The van der Waals surface area contributed by atoms with Crippen LogP contribution in [-0.2, 0) is 14.3 Å². The third kappa shape index (κ3) is 11.1. The van der Waals surface area contributed by atoms with Gasteiger partial charge in [0.2, 0.25) is 0 Å². The van der Waals surface area contributed by atoms with Crippen LogP contribution < -0.4 is 0 Å². The molecule has 0 fully saturated rings. The highest BCUT2D eigenvalue weighted by molar-refractivity contribution is 5.81. The first kappa shape index (κ1) is 16.6. The molecule has 0 aliphatic rings. The summed E-state index contributed by atoms with van der Waals surface area (Å²) in [5.74, 6) is -0.435. The van der Waals surface area contributed by atoms with Crippen molar-refractivity contribution in [3.05, 3.63) is 23.3 Å². The van der Waals surface area contributed by atoms with Crippen molar-refractivity contribution >= 4 is 11.8 Å². The number of rotatable bonds is 8. The van der Waals surface area contributed by atoms with Gasteiger partial charge in [-0.3, -0.25) is 9.59 Å². The summed E-state index contributed by atoms with van der Waals surface area (Å²) < 4.78 is 4.64. The van der Waals surface area contributed by atoms with Gasteiger partial charge in [0.15, 0.2) is 5.78 Å². The van der Waals surface area contributed by atoms with Crippen LogP contribution in [0.25, 0.3) is 0 Å². The fourth-order valence-electron chi connectivity index (χ4n) is 1.42. The molecule has 0 aliphatic carbocycles. The van der Waals surface area contributed by atoms with E-state index in [0.29, 0.717) is 6.42 Å². The van der Waals surface area contributed by atoms with E-state index in [4.69, 9.17) is 0 Å². The lowest BCUT2D eigenvalue weighted by Crippen LogP contribution is -2.10. The Balaban J connectivity index is 3.76. The number of carbonyl (C=O) groups excluding carboxylic acids is 2. The van der Waals surface area contributed by atoms with Gasteiger partial charge in [-0.2, -0.15) is 0 Å². The van der Waals surface area contributed by atoms with E-state index in [9.17, 15) is 9.59 Å². The van der Waals surface area contributed by atoms with Gasteiger partial charge in [0.25, 0.3) is 0 Å². The molecule has 0 spiro atoms. The largest absolute Gasteiger partial charge is 0.458 e. The molecule has 0 unspecified atom stereocenters. The molecular formula is C15H24O3. The summed E-state index contributed by atoms with van der Waals surface area (Å²) in [4.78, 5) is 21.8. The van der Waals surface area contributed by atoms with Crippen molar-refractivity contribution in [1.82, 2.24) is 0 Å². The fraction of sp³-hybridized carbons (Fsp3) is 0.600. The minimum Gasteiger partial charge on any atom is -0.458 e. The Morgan fingerprint density at radius 2 is 1.56 bits per heavy atom. The summed E-state index contributed by atoms with van der Waals surface area (Å²) in [6.07, 6.45) is 7.54. The highest BCUT2D eigenvalue weighted by atomic mass is 16.5. The molecule has 0 aromatic rings. The van der Waals surface area contributed by atoms with Crippen molar-refractivity contribution in [3.63, 3.8) is 0 Å². The molecule has 0 rings (SSSR count). The summed E-state index contributed by atoms with van der Waals surface area (Å²) in [6.45, 7) is 7.47. The summed E-state index contributed by atoms with van der Waals surface area (Å²) >= 11 is 0. The molecule has 0 radical (unpaired) electrons. The molecule has 0 amide bonds. The number of carbonyl (C=O) groups is 2. The van der Waals surface area contributed by atoms with E-state index in [1.165, 1.54) is 18.1 Å². The first-order valence-corrected chi connectivity index (χ1v) is 6.36. The van der Waals surface area contributed by atoms with Crippen LogP contribution >= 0.6 is 0 Å². The summed E-state index contributed by atoms with van der Waals surface area (Å²) in [5, 5.41) is 0. The van der Waals surface area contributed by atoms with Crippen LogP contribution in [-0.4, -0.2) is 18.4 Å². The maximum Gasteiger partial charge on any atom is 0.303 e. The van der Waals surface area contributed by atoms with Crippen molar-refractivity contribution in [3.8, 4) is 0 Å². The monoisotopic (exact) mass is 252 g/mol. The number of ether oxygens (including phenoxy) is 1. The van der Waals surface area contributed by atoms with Gasteiger partial charge in [0.1, 0.15) is 6.61 Å². The third-order valence-corrected chi connectivity index (χ3v) is 2.44. The maximum atomic E-state index is 11.3. The Morgan fingerprint density at radius 3 is 2.11 bits per heavy atom. The van der Waals surface area contributed by atoms with Crippen molar-refractivity contribution < 1.29 is 14.3 Å². The zero-order valence-electron chi connectivity index (χ0n) is 11.9. The first-order valence-electron chi connectivity index (χ1n) is 6.36. The standard InChI is InChI=1S/C15H24O3/c1-12(2)7-5-8-13(3)9-6-10-15(17)11-18-14(4)16/h7,9H,5-6,8,10-11H2,1-4H3/b13-9+. The predicted molar refractivity (Wildman–Crippen MR) is 73.3 cm³/mol. The molecular weight excluding hydrogens is 228 g/mol. The van der Waals surface area contributed by atoms with Gasteiger partial charge in [-0.05, 0) is 40.0 Å². The zero-order chi connectivity index (χ0) is 14.0. The molecule has 0 aromatic carbocycles. The number of ketones is 1. The first-order chi connectivity index (χ1) is 8.41. The second-order valence-corrected chi connectivity index (χ2v) is 4.73. The van der Waals surface area contributed by atoms with Crippen LogP contribution in [0.2, 0.25) is 0 Å². The molecule has 0 saturated carbocycles. The lowest BCUT2D eigenvalue weighted by atomic mass is 10.1. The normalized spacial score (nSPS) is 11.0. The van der Waals surface area contributed by atoms with E-state index < -0.39 is 5.97 Å². The highest BCUT2D eigenvalue weighted by Crippen LogP contribution is 2.08. The van der Waals surface area contributed by atoms with Crippen LogP contribution in [0.4, 0.5) is 0 Å². The molecule has 0 aromatic heterocycles. The van der Waals surface area contributed by atoms with Crippen molar-refractivity contribution in [2.75, 3.05) is 6.61 Å². The van der Waals surface area contributed by atoms with Gasteiger partial charge < -0.3 is 4.74 Å². The third-order valence-electron chi connectivity index (χ3n) is 2.44. The Kier molecular flexibility index (Phi) is 8.89. The molecule has 3 nitrogen and oxygen atoms in total. The summed E-state index contributed by atoms with van der Waals surface area (Å²) in [6, 6.07) is 0. The SMILES string of the molecule is CC(=O)OCC(=O)CC/C=C(\C)CCC=C(C)C. The van der Waals surface area contributed by atoms with Crippen molar-refractivity contribution in [2.45, 2.75) is 53.4 Å². The van der Waals surface area contributed by atoms with E-state index in [2.05, 4.69) is 37.7 Å². The molecule has 0 bridgehead atoms. The van der Waals surface area contributed by atoms with Gasteiger partial charge in [-0.1, -0.05) is 23.3 Å². The van der Waals surface area contributed by atoms with Crippen LogP contribution in [0.15, 0.2) is 23.3 Å². The molecule has 0 aliphatic heterocycles. The molecule has 0 saturated heterocycles. The van der Waals surface area contributed by atoms with E-state index in [-0.39, 0.29) is 12.4 Å². The van der Waals surface area contributed by atoms with Crippen molar-refractivity contribution in [1.29, 1.82) is 0 Å². The maximum absolute atomic E-state index is 11.3. The molecule has 102 valence electrons. The predicted octanol–water partition coefficient (Wildman–Crippen LogP) is 3.59. The fourth-order valence-corrected chi connectivity index (χ4v) is 1.42. The summed E-state index contributed by atoms with van der Waals surface area (Å²) in [5.41, 5.74) is 2.63. The minimum atomic E-state index is -0.406. The van der Waals surface area contributed by atoms with Crippen LogP contribution in [0.3, 0.4) is 0 Å². The zero-order valence-corrected chi connectivity index (χ0v) is 11.9. The summed E-state index contributed by atoms with van der Waals surface area (Å²) in [7, 11) is 0. The lowest BCUT2D eigenvalue weighted by molar-refractivity contribution is -0.145. The number of hydrogen-bond donors (Lipinski definition) is 0. The number of esters is 1. The quantitative estimate of drug-likeness (QED) is 0.490. The Hall–Kier alpha value is -1.38. The Morgan fingerprint density at radius 1 is 0.944 bits per heavy atom. The molecule has 0 heterocycles. The van der Waals surface area contributed by atoms with Gasteiger partial charge in [-0.25, -0.2) is 0 Å². The second kappa shape index (κ2) is 9.63.